The first kappa shape index (κ1) is 32.8. The zero-order valence-electron chi connectivity index (χ0n) is 30.2. The predicted octanol–water partition coefficient (Wildman–Crippen LogP) is 11.6. The highest BCUT2D eigenvalue weighted by atomic mass is 32.2. The molecule has 56 heavy (non-hydrogen) atoms. The number of thioether (sulfide) groups is 2. The minimum Gasteiger partial charge on any atom is -0.324 e. The molecule has 0 saturated carbocycles. The number of hydrogen-bond donors (Lipinski definition) is 2. The van der Waals surface area contributed by atoms with Crippen LogP contribution in [0.15, 0.2) is 143 Å². The van der Waals surface area contributed by atoms with Crippen LogP contribution in [0.1, 0.15) is 0 Å². The van der Waals surface area contributed by atoms with Gasteiger partial charge in [0, 0.05) is 53.6 Å². The standard InChI is InChI=1S/C46H30N8S2/c1-55-27-19-15-25(16-20-27)35-23-37-38(24-36(35)26-17-21-28(56-2)22-18-26)46-53-44-34-14-8-6-12-32(34)42(51-44)49-40-30-10-4-3-9-29(30)39(47-40)48-41-31-11-5-7-13-33(31)43(50-41)52-45(37)54-46/h3-24H,1-2H3,(H2,47,48,49,50,51,52,53,54). The molecule has 3 aromatic heterocycles. The highest BCUT2D eigenvalue weighted by Gasteiger charge is 2.23. The van der Waals surface area contributed by atoms with Crippen molar-refractivity contribution in [3.8, 4) is 67.8 Å². The van der Waals surface area contributed by atoms with Crippen molar-refractivity contribution >= 4 is 67.7 Å². The van der Waals surface area contributed by atoms with E-state index in [4.69, 9.17) is 29.9 Å². The molecule has 0 atom stereocenters. The number of hydrogen-bond acceptors (Lipinski definition) is 8. The Hall–Kier alpha value is -6.62. The second kappa shape index (κ2) is 13.0. The van der Waals surface area contributed by atoms with Gasteiger partial charge in [-0.2, -0.15) is 0 Å². The van der Waals surface area contributed by atoms with Gasteiger partial charge in [-0.3, -0.25) is 0 Å². The van der Waals surface area contributed by atoms with Crippen molar-refractivity contribution in [2.45, 2.75) is 9.79 Å². The van der Waals surface area contributed by atoms with E-state index in [0.717, 1.165) is 66.1 Å². The molecular weight excluding hydrogens is 729 g/mol. The van der Waals surface area contributed by atoms with Gasteiger partial charge in [0.15, 0.2) is 23.3 Å². The maximum absolute atomic E-state index is 5.30. The summed E-state index contributed by atoms with van der Waals surface area (Å²) in [5, 5.41) is 3.73. The summed E-state index contributed by atoms with van der Waals surface area (Å²) in [4.78, 5) is 40.6. The molecular formula is C46H30N8S2. The Bertz CT molecular complexity index is 3010. The molecule has 0 saturated heterocycles. The van der Waals surface area contributed by atoms with E-state index in [0.29, 0.717) is 45.9 Å². The van der Waals surface area contributed by atoms with E-state index < -0.39 is 0 Å². The average molecular weight is 759 g/mol. The van der Waals surface area contributed by atoms with E-state index in [1.54, 1.807) is 23.5 Å². The van der Waals surface area contributed by atoms with E-state index in [-0.39, 0.29) is 0 Å². The summed E-state index contributed by atoms with van der Waals surface area (Å²) in [6, 6.07) is 46.3. The molecule has 0 radical (unpaired) electrons. The lowest BCUT2D eigenvalue weighted by molar-refractivity contribution is 1.19. The largest absolute Gasteiger partial charge is 0.324 e. The monoisotopic (exact) mass is 758 g/mol. The Morgan fingerprint density at radius 1 is 0.339 bits per heavy atom. The molecule has 0 spiro atoms. The molecule has 9 aromatic rings. The first-order valence-corrected chi connectivity index (χ1v) is 20.6. The number of fused-ring (bicyclic) bond motifs is 20. The molecule has 5 heterocycles. The van der Waals surface area contributed by atoms with Gasteiger partial charge >= 0.3 is 0 Å². The smallest absolute Gasteiger partial charge is 0.164 e. The number of rotatable bonds is 4. The highest BCUT2D eigenvalue weighted by molar-refractivity contribution is 7.98. The van der Waals surface area contributed by atoms with Gasteiger partial charge in [0.25, 0.3) is 0 Å². The summed E-state index contributed by atoms with van der Waals surface area (Å²) < 4.78 is 0. The van der Waals surface area contributed by atoms with E-state index in [1.807, 2.05) is 48.5 Å². The number of aromatic amines is 2. The third kappa shape index (κ3) is 5.32. The lowest BCUT2D eigenvalue weighted by Gasteiger charge is -2.12. The minimum absolute atomic E-state index is 0.573. The Balaban J connectivity index is 1.30. The van der Waals surface area contributed by atoms with Crippen LogP contribution in [0.5, 0.6) is 0 Å². The van der Waals surface area contributed by atoms with E-state index in [9.17, 15) is 0 Å². The molecule has 10 heteroatoms. The van der Waals surface area contributed by atoms with Crippen molar-refractivity contribution in [2.75, 3.05) is 12.5 Å². The van der Waals surface area contributed by atoms with Crippen molar-refractivity contribution in [3.63, 3.8) is 0 Å². The van der Waals surface area contributed by atoms with Crippen LogP contribution in [0.2, 0.25) is 0 Å². The van der Waals surface area contributed by atoms with Crippen LogP contribution in [-0.4, -0.2) is 52.4 Å². The normalized spacial score (nSPS) is 11.9. The fourth-order valence-corrected chi connectivity index (χ4v) is 8.52. The molecule has 0 aliphatic carbocycles. The van der Waals surface area contributed by atoms with Crippen molar-refractivity contribution in [2.24, 2.45) is 0 Å². The van der Waals surface area contributed by atoms with Crippen LogP contribution < -0.4 is 0 Å². The maximum Gasteiger partial charge on any atom is 0.164 e. The Kier molecular flexibility index (Phi) is 7.61. The van der Waals surface area contributed by atoms with Gasteiger partial charge in [-0.05, 0) is 71.2 Å². The number of aromatic nitrogens is 8. The molecule has 2 aliphatic heterocycles. The molecule has 8 bridgehead atoms. The van der Waals surface area contributed by atoms with Gasteiger partial charge < -0.3 is 9.97 Å². The first-order chi connectivity index (χ1) is 27.6. The Morgan fingerprint density at radius 2 is 0.661 bits per heavy atom. The third-order valence-electron chi connectivity index (χ3n) is 10.5. The molecule has 0 amide bonds. The number of benzene rings is 6. The SMILES string of the molecule is CSc1ccc(-c2cc3c4nc5nc(nc6[nH]c(nc7nc(nc([nH]4)c3cc2-c2ccc(SC)cc2)-c2ccccc2-7)c2ccccc62)-c2ccccc2-5)cc1. The van der Waals surface area contributed by atoms with Gasteiger partial charge in [-0.1, -0.05) is 97.1 Å². The molecule has 0 unspecified atom stereocenters. The van der Waals surface area contributed by atoms with E-state index in [2.05, 4.69) is 107 Å². The number of H-pyrrole nitrogens is 2. The summed E-state index contributed by atoms with van der Waals surface area (Å²) in [6.07, 6.45) is 4.20. The van der Waals surface area contributed by atoms with Crippen LogP contribution in [0.25, 0.3) is 112 Å². The lowest BCUT2D eigenvalue weighted by Crippen LogP contribution is -1.88. The quantitative estimate of drug-likeness (QED) is 0.171. The average Bonchev–Trinajstić information content (AvgIpc) is 3.99. The van der Waals surface area contributed by atoms with Crippen LogP contribution >= 0.6 is 23.5 Å². The summed E-state index contributed by atoms with van der Waals surface area (Å²) in [5.74, 6) is 2.30. The zero-order valence-corrected chi connectivity index (χ0v) is 31.8. The lowest BCUT2D eigenvalue weighted by atomic mass is 9.92. The van der Waals surface area contributed by atoms with Crippen LogP contribution in [0, 0.1) is 0 Å². The number of nitrogens with zero attached hydrogens (tertiary/aromatic N) is 6. The summed E-state index contributed by atoms with van der Waals surface area (Å²) >= 11 is 3.47. The van der Waals surface area contributed by atoms with Gasteiger partial charge in [-0.15, -0.1) is 23.5 Å². The topological polar surface area (TPSA) is 109 Å². The molecule has 11 rings (SSSR count). The third-order valence-corrected chi connectivity index (χ3v) is 12.0. The fourth-order valence-electron chi connectivity index (χ4n) is 7.71. The van der Waals surface area contributed by atoms with Crippen LogP contribution in [0.3, 0.4) is 0 Å². The van der Waals surface area contributed by atoms with Gasteiger partial charge in [0.2, 0.25) is 0 Å². The van der Waals surface area contributed by atoms with Crippen molar-refractivity contribution in [1.82, 2.24) is 39.9 Å². The van der Waals surface area contributed by atoms with Gasteiger partial charge in [-0.25, -0.2) is 29.9 Å². The fraction of sp³-hybridized carbons (Fsp3) is 0.0435. The molecule has 2 N–H and O–H groups in total. The molecule has 266 valence electrons. The van der Waals surface area contributed by atoms with Crippen molar-refractivity contribution in [1.29, 1.82) is 0 Å². The summed E-state index contributed by atoms with van der Waals surface area (Å²) in [5.41, 5.74) is 10.7. The van der Waals surface area contributed by atoms with E-state index >= 15 is 0 Å². The first-order valence-electron chi connectivity index (χ1n) is 18.2. The molecule has 2 aliphatic rings. The van der Waals surface area contributed by atoms with Crippen molar-refractivity contribution in [3.05, 3.63) is 133 Å². The molecule has 0 fully saturated rings. The maximum atomic E-state index is 5.30. The zero-order chi connectivity index (χ0) is 37.3. The summed E-state index contributed by atoms with van der Waals surface area (Å²) in [7, 11) is 0. The Labute approximate surface area is 329 Å². The second-order valence-corrected chi connectivity index (χ2v) is 15.4. The highest BCUT2D eigenvalue weighted by Crippen LogP contribution is 2.41. The van der Waals surface area contributed by atoms with Gasteiger partial charge in [0.1, 0.15) is 22.6 Å². The van der Waals surface area contributed by atoms with Crippen LogP contribution in [0.4, 0.5) is 0 Å². The predicted molar refractivity (Wildman–Crippen MR) is 230 cm³/mol. The van der Waals surface area contributed by atoms with Gasteiger partial charge in [0.05, 0.1) is 0 Å². The Morgan fingerprint density at radius 3 is 1.00 bits per heavy atom. The summed E-state index contributed by atoms with van der Waals surface area (Å²) in [6.45, 7) is 0. The molecule has 6 aromatic carbocycles. The minimum atomic E-state index is 0.573. The molecule has 8 nitrogen and oxygen atoms in total. The number of nitrogens with one attached hydrogen (secondary N) is 2. The van der Waals surface area contributed by atoms with E-state index in [1.165, 1.54) is 9.79 Å². The second-order valence-electron chi connectivity index (χ2n) is 13.6. The van der Waals surface area contributed by atoms with Crippen molar-refractivity contribution < 1.29 is 0 Å². The van der Waals surface area contributed by atoms with Crippen LogP contribution in [-0.2, 0) is 0 Å².